The Hall–Kier alpha value is -2.36. The summed E-state index contributed by atoms with van der Waals surface area (Å²) < 4.78 is 5.14. The molecule has 0 bridgehead atoms. The first-order chi connectivity index (χ1) is 9.22. The first-order valence-corrected chi connectivity index (χ1v) is 5.99. The highest BCUT2D eigenvalue weighted by Gasteiger charge is 2.15. The summed E-state index contributed by atoms with van der Waals surface area (Å²) in [6.45, 7) is 2.03. The number of carbonyl (C=O) groups is 1. The van der Waals surface area contributed by atoms with E-state index in [1.165, 1.54) is 0 Å². The van der Waals surface area contributed by atoms with Crippen LogP contribution in [0.1, 0.15) is 34.5 Å². The second kappa shape index (κ2) is 6.00. The molecule has 2 rings (SSSR count). The first-order valence-electron chi connectivity index (χ1n) is 5.99. The SMILES string of the molecule is CC([C]=O)c1ccccc1C(=O)NCc1ccco1. The van der Waals surface area contributed by atoms with E-state index in [4.69, 9.17) is 4.42 Å². The average molecular weight is 256 g/mol. The standard InChI is InChI=1S/C15H14NO3/c1-11(10-17)13-6-2-3-7-14(13)15(18)16-9-12-5-4-8-19-12/h2-8,11H,9H2,1H3,(H,16,18). The number of furan rings is 1. The molecule has 1 N–H and O–H groups in total. The predicted molar refractivity (Wildman–Crippen MR) is 70.4 cm³/mol. The molecule has 0 spiro atoms. The van der Waals surface area contributed by atoms with Gasteiger partial charge >= 0.3 is 0 Å². The normalized spacial score (nSPS) is 11.8. The quantitative estimate of drug-likeness (QED) is 0.893. The van der Waals surface area contributed by atoms with Crippen molar-refractivity contribution in [2.24, 2.45) is 0 Å². The maximum Gasteiger partial charge on any atom is 0.251 e. The fourth-order valence-corrected chi connectivity index (χ4v) is 1.82. The molecule has 0 fully saturated rings. The van der Waals surface area contributed by atoms with Gasteiger partial charge in [0.1, 0.15) is 5.76 Å². The van der Waals surface area contributed by atoms with Crippen molar-refractivity contribution in [2.45, 2.75) is 19.4 Å². The van der Waals surface area contributed by atoms with Crippen LogP contribution in [0.4, 0.5) is 0 Å². The van der Waals surface area contributed by atoms with Crippen LogP contribution in [0.3, 0.4) is 0 Å². The van der Waals surface area contributed by atoms with Crippen molar-refractivity contribution in [1.29, 1.82) is 0 Å². The summed E-state index contributed by atoms with van der Waals surface area (Å²) in [5.74, 6) is 0.0282. The highest BCUT2D eigenvalue weighted by Crippen LogP contribution is 2.18. The van der Waals surface area contributed by atoms with Gasteiger partial charge in [-0.3, -0.25) is 9.59 Å². The lowest BCUT2D eigenvalue weighted by Gasteiger charge is -2.10. The predicted octanol–water partition coefficient (Wildman–Crippen LogP) is 2.42. The van der Waals surface area contributed by atoms with Crippen molar-refractivity contribution in [3.63, 3.8) is 0 Å². The zero-order valence-electron chi connectivity index (χ0n) is 10.6. The van der Waals surface area contributed by atoms with Crippen molar-refractivity contribution >= 4 is 12.2 Å². The minimum atomic E-state index is -0.425. The van der Waals surface area contributed by atoms with Crippen molar-refractivity contribution in [3.8, 4) is 0 Å². The van der Waals surface area contributed by atoms with Crippen LogP contribution in [-0.2, 0) is 11.3 Å². The summed E-state index contributed by atoms with van der Waals surface area (Å²) in [5.41, 5.74) is 1.17. The molecule has 1 unspecified atom stereocenters. The van der Waals surface area contributed by atoms with Crippen LogP contribution >= 0.6 is 0 Å². The van der Waals surface area contributed by atoms with Crippen molar-refractivity contribution in [3.05, 3.63) is 59.5 Å². The minimum Gasteiger partial charge on any atom is -0.467 e. The van der Waals surface area contributed by atoms with E-state index in [2.05, 4.69) is 5.32 Å². The van der Waals surface area contributed by atoms with Gasteiger partial charge in [0.2, 0.25) is 6.29 Å². The van der Waals surface area contributed by atoms with Crippen LogP contribution in [0.2, 0.25) is 0 Å². The summed E-state index contributed by atoms with van der Waals surface area (Å²) in [5, 5.41) is 2.76. The van der Waals surface area contributed by atoms with Crippen LogP contribution in [-0.4, -0.2) is 12.2 Å². The number of benzene rings is 1. The Morgan fingerprint density at radius 2 is 2.11 bits per heavy atom. The number of rotatable bonds is 5. The third kappa shape index (κ3) is 3.10. The summed E-state index contributed by atoms with van der Waals surface area (Å²) in [6, 6.07) is 10.6. The Balaban J connectivity index is 2.12. The Labute approximate surface area is 111 Å². The van der Waals surface area contributed by atoms with E-state index in [-0.39, 0.29) is 5.91 Å². The first kappa shape index (κ1) is 13.1. The Morgan fingerprint density at radius 1 is 1.32 bits per heavy atom. The zero-order chi connectivity index (χ0) is 13.7. The van der Waals surface area contributed by atoms with Gasteiger partial charge in [-0.1, -0.05) is 25.1 Å². The molecule has 1 aromatic heterocycles. The van der Waals surface area contributed by atoms with Crippen LogP contribution in [0.5, 0.6) is 0 Å². The molecule has 1 atom stereocenters. The van der Waals surface area contributed by atoms with Crippen LogP contribution in [0.25, 0.3) is 0 Å². The average Bonchev–Trinajstić information content (AvgIpc) is 2.97. The van der Waals surface area contributed by atoms with Gasteiger partial charge in [0.05, 0.1) is 12.8 Å². The summed E-state index contributed by atoms with van der Waals surface area (Å²) in [4.78, 5) is 22.9. The fraction of sp³-hybridized carbons (Fsp3) is 0.200. The highest BCUT2D eigenvalue weighted by molar-refractivity contribution is 5.96. The van der Waals surface area contributed by atoms with Gasteiger partial charge in [0.15, 0.2) is 0 Å². The number of carbonyl (C=O) groups excluding carboxylic acids is 2. The van der Waals surface area contributed by atoms with E-state index in [0.717, 1.165) is 0 Å². The molecule has 0 saturated carbocycles. The van der Waals surface area contributed by atoms with Gasteiger partial charge in [-0.15, -0.1) is 0 Å². The van der Waals surface area contributed by atoms with Gasteiger partial charge in [-0.05, 0) is 23.8 Å². The fourth-order valence-electron chi connectivity index (χ4n) is 1.82. The molecule has 4 heteroatoms. The molecule has 1 radical (unpaired) electrons. The molecule has 0 aliphatic rings. The molecule has 1 amide bonds. The molecule has 2 aromatic rings. The van der Waals surface area contributed by atoms with Crippen molar-refractivity contribution in [2.75, 3.05) is 0 Å². The van der Waals surface area contributed by atoms with Gasteiger partial charge in [0.25, 0.3) is 5.91 Å². The zero-order valence-corrected chi connectivity index (χ0v) is 10.6. The van der Waals surface area contributed by atoms with Crippen molar-refractivity contribution < 1.29 is 14.0 Å². The Kier molecular flexibility index (Phi) is 4.13. The molecule has 0 aliphatic carbocycles. The molecule has 4 nitrogen and oxygen atoms in total. The van der Waals surface area contributed by atoms with Crippen molar-refractivity contribution in [1.82, 2.24) is 5.32 Å². The lowest BCUT2D eigenvalue weighted by Crippen LogP contribution is -2.24. The lowest BCUT2D eigenvalue weighted by molar-refractivity contribution is 0.0947. The van der Waals surface area contributed by atoms with Crippen LogP contribution in [0.15, 0.2) is 47.1 Å². The molecule has 1 aromatic carbocycles. The number of hydrogen-bond donors (Lipinski definition) is 1. The van der Waals surface area contributed by atoms with E-state index in [1.54, 1.807) is 49.6 Å². The molecular weight excluding hydrogens is 242 g/mol. The maximum atomic E-state index is 12.1. The molecule has 0 saturated heterocycles. The van der Waals surface area contributed by atoms with Gasteiger partial charge in [0, 0.05) is 11.5 Å². The lowest BCUT2D eigenvalue weighted by atomic mass is 9.96. The maximum absolute atomic E-state index is 12.1. The molecule has 97 valence electrons. The Morgan fingerprint density at radius 3 is 2.79 bits per heavy atom. The monoisotopic (exact) mass is 256 g/mol. The second-order valence-corrected chi connectivity index (χ2v) is 4.19. The number of amides is 1. The highest BCUT2D eigenvalue weighted by atomic mass is 16.3. The summed E-state index contributed by atoms with van der Waals surface area (Å²) >= 11 is 0. The summed E-state index contributed by atoms with van der Waals surface area (Å²) in [7, 11) is 0. The van der Waals surface area contributed by atoms with Gasteiger partial charge in [-0.25, -0.2) is 0 Å². The second-order valence-electron chi connectivity index (χ2n) is 4.19. The van der Waals surface area contributed by atoms with E-state index < -0.39 is 5.92 Å². The van der Waals surface area contributed by atoms with E-state index in [1.807, 2.05) is 6.29 Å². The molecular formula is C15H14NO3. The third-order valence-electron chi connectivity index (χ3n) is 2.85. The molecule has 19 heavy (non-hydrogen) atoms. The number of hydrogen-bond acceptors (Lipinski definition) is 3. The van der Waals surface area contributed by atoms with Crippen LogP contribution in [0, 0.1) is 0 Å². The molecule has 0 aliphatic heterocycles. The molecule has 1 heterocycles. The smallest absolute Gasteiger partial charge is 0.251 e. The minimum absolute atomic E-state index is 0.228. The van der Waals surface area contributed by atoms with Gasteiger partial charge in [-0.2, -0.15) is 0 Å². The topological polar surface area (TPSA) is 59.3 Å². The third-order valence-corrected chi connectivity index (χ3v) is 2.85. The number of nitrogens with one attached hydrogen (secondary N) is 1. The van der Waals surface area contributed by atoms with Gasteiger partial charge < -0.3 is 9.73 Å². The largest absolute Gasteiger partial charge is 0.467 e. The summed E-state index contributed by atoms with van der Waals surface area (Å²) in [6.07, 6.45) is 3.45. The van der Waals surface area contributed by atoms with E-state index in [9.17, 15) is 9.59 Å². The van der Waals surface area contributed by atoms with E-state index in [0.29, 0.717) is 23.4 Å². The van der Waals surface area contributed by atoms with E-state index >= 15 is 0 Å². The van der Waals surface area contributed by atoms with Crippen LogP contribution < -0.4 is 5.32 Å². The Bertz CT molecular complexity index is 561.